The lowest BCUT2D eigenvalue weighted by Crippen LogP contribution is -2.27. The van der Waals surface area contributed by atoms with E-state index in [2.05, 4.69) is 24.0 Å². The van der Waals surface area contributed by atoms with Crippen LogP contribution in [0.3, 0.4) is 0 Å². The Hall–Kier alpha value is -0.930. The SMILES string of the molecule is CCc1ccc(CC(N)CCC2CCCCO2)nc1. The lowest BCUT2D eigenvalue weighted by molar-refractivity contribution is 0.00914. The summed E-state index contributed by atoms with van der Waals surface area (Å²) in [4.78, 5) is 4.47. The first kappa shape index (κ1) is 14.5. The number of rotatable bonds is 6. The van der Waals surface area contributed by atoms with Gasteiger partial charge in [0.2, 0.25) is 0 Å². The summed E-state index contributed by atoms with van der Waals surface area (Å²) in [5.41, 5.74) is 8.59. The maximum absolute atomic E-state index is 6.20. The molecule has 0 aromatic carbocycles. The number of hydrogen-bond acceptors (Lipinski definition) is 3. The van der Waals surface area contributed by atoms with E-state index in [1.165, 1.54) is 24.8 Å². The van der Waals surface area contributed by atoms with Crippen LogP contribution in [0.5, 0.6) is 0 Å². The van der Waals surface area contributed by atoms with Gasteiger partial charge < -0.3 is 10.5 Å². The molecule has 0 spiro atoms. The molecule has 2 rings (SSSR count). The van der Waals surface area contributed by atoms with Crippen molar-refractivity contribution in [1.82, 2.24) is 4.98 Å². The monoisotopic (exact) mass is 262 g/mol. The normalized spacial score (nSPS) is 21.3. The van der Waals surface area contributed by atoms with E-state index < -0.39 is 0 Å². The van der Waals surface area contributed by atoms with E-state index in [1.54, 1.807) is 0 Å². The van der Waals surface area contributed by atoms with Crippen molar-refractivity contribution < 1.29 is 4.74 Å². The van der Waals surface area contributed by atoms with Crippen LogP contribution in [0.1, 0.15) is 50.3 Å². The zero-order chi connectivity index (χ0) is 13.5. The van der Waals surface area contributed by atoms with Gasteiger partial charge in [-0.2, -0.15) is 0 Å². The van der Waals surface area contributed by atoms with Crippen molar-refractivity contribution in [2.75, 3.05) is 6.61 Å². The maximum Gasteiger partial charge on any atom is 0.0575 e. The quantitative estimate of drug-likeness (QED) is 0.857. The number of nitrogens with two attached hydrogens (primary N) is 1. The molecule has 1 saturated heterocycles. The van der Waals surface area contributed by atoms with Crippen LogP contribution in [-0.2, 0) is 17.6 Å². The zero-order valence-electron chi connectivity index (χ0n) is 12.0. The van der Waals surface area contributed by atoms with Crippen molar-refractivity contribution >= 4 is 0 Å². The van der Waals surface area contributed by atoms with Crippen molar-refractivity contribution in [3.8, 4) is 0 Å². The Kier molecular flexibility index (Phi) is 5.80. The fourth-order valence-corrected chi connectivity index (χ4v) is 2.59. The number of aromatic nitrogens is 1. The third-order valence-corrected chi connectivity index (χ3v) is 3.90. The van der Waals surface area contributed by atoms with Gasteiger partial charge in [-0.15, -0.1) is 0 Å². The largest absolute Gasteiger partial charge is 0.378 e. The summed E-state index contributed by atoms with van der Waals surface area (Å²) in [5.74, 6) is 0. The van der Waals surface area contributed by atoms with Crippen LogP contribution in [0.4, 0.5) is 0 Å². The van der Waals surface area contributed by atoms with Gasteiger partial charge in [0.15, 0.2) is 0 Å². The molecule has 3 nitrogen and oxygen atoms in total. The minimum atomic E-state index is 0.200. The summed E-state index contributed by atoms with van der Waals surface area (Å²) >= 11 is 0. The van der Waals surface area contributed by atoms with Crippen molar-refractivity contribution in [1.29, 1.82) is 0 Å². The molecule has 1 aliphatic rings. The molecule has 1 aromatic rings. The second-order valence-corrected chi connectivity index (χ2v) is 5.54. The van der Waals surface area contributed by atoms with E-state index in [0.29, 0.717) is 6.10 Å². The molecule has 0 bridgehead atoms. The Morgan fingerprint density at radius 1 is 1.42 bits per heavy atom. The lowest BCUT2D eigenvalue weighted by atomic mass is 9.99. The van der Waals surface area contributed by atoms with Gasteiger partial charge in [0.1, 0.15) is 0 Å². The summed E-state index contributed by atoms with van der Waals surface area (Å²) in [6.07, 6.45) is 10.2. The van der Waals surface area contributed by atoms with E-state index >= 15 is 0 Å². The molecule has 2 N–H and O–H groups in total. The van der Waals surface area contributed by atoms with Gasteiger partial charge in [-0.25, -0.2) is 0 Å². The molecule has 3 heteroatoms. The molecular formula is C16H26N2O. The average molecular weight is 262 g/mol. The topological polar surface area (TPSA) is 48.1 Å². The Balaban J connectivity index is 1.71. The first-order chi connectivity index (χ1) is 9.28. The van der Waals surface area contributed by atoms with Crippen LogP contribution >= 0.6 is 0 Å². The van der Waals surface area contributed by atoms with Crippen LogP contribution in [0, 0.1) is 0 Å². The third kappa shape index (κ3) is 4.92. The molecular weight excluding hydrogens is 236 g/mol. The van der Waals surface area contributed by atoms with Crippen molar-refractivity contribution in [3.05, 3.63) is 29.6 Å². The van der Waals surface area contributed by atoms with Crippen LogP contribution < -0.4 is 5.73 Å². The highest BCUT2D eigenvalue weighted by atomic mass is 16.5. The van der Waals surface area contributed by atoms with Gasteiger partial charge in [0, 0.05) is 31.0 Å². The number of ether oxygens (including phenoxy) is 1. The minimum Gasteiger partial charge on any atom is -0.378 e. The summed E-state index contributed by atoms with van der Waals surface area (Å²) in [6.45, 7) is 3.08. The molecule has 2 atom stereocenters. The Bertz CT molecular complexity index is 358. The second-order valence-electron chi connectivity index (χ2n) is 5.54. The van der Waals surface area contributed by atoms with Crippen LogP contribution in [0.15, 0.2) is 18.3 Å². The molecule has 0 radical (unpaired) electrons. The lowest BCUT2D eigenvalue weighted by Gasteiger charge is -2.23. The summed E-state index contributed by atoms with van der Waals surface area (Å²) in [7, 11) is 0. The van der Waals surface area contributed by atoms with E-state index in [0.717, 1.165) is 38.0 Å². The van der Waals surface area contributed by atoms with E-state index in [1.807, 2.05) is 6.20 Å². The highest BCUT2D eigenvalue weighted by Gasteiger charge is 2.15. The Labute approximate surface area is 116 Å². The standard InChI is InChI=1S/C16H26N2O/c1-2-13-6-8-15(18-12-13)11-14(17)7-9-16-5-3-4-10-19-16/h6,8,12,14,16H,2-5,7,9-11,17H2,1H3. The first-order valence-electron chi connectivity index (χ1n) is 7.59. The highest BCUT2D eigenvalue weighted by Crippen LogP contribution is 2.18. The number of hydrogen-bond donors (Lipinski definition) is 1. The molecule has 2 unspecified atom stereocenters. The van der Waals surface area contributed by atoms with Crippen LogP contribution in [0.2, 0.25) is 0 Å². The van der Waals surface area contributed by atoms with Crippen molar-refractivity contribution in [2.45, 2.75) is 64.0 Å². The fraction of sp³-hybridized carbons (Fsp3) is 0.688. The fourth-order valence-electron chi connectivity index (χ4n) is 2.59. The molecule has 0 saturated carbocycles. The molecule has 1 aliphatic heterocycles. The third-order valence-electron chi connectivity index (χ3n) is 3.90. The predicted molar refractivity (Wildman–Crippen MR) is 78.1 cm³/mol. The number of aryl methyl sites for hydroxylation is 1. The summed E-state index contributed by atoms with van der Waals surface area (Å²) < 4.78 is 5.74. The van der Waals surface area contributed by atoms with Crippen molar-refractivity contribution in [2.24, 2.45) is 5.73 Å². The number of nitrogens with zero attached hydrogens (tertiary/aromatic N) is 1. The Morgan fingerprint density at radius 3 is 2.95 bits per heavy atom. The van der Waals surface area contributed by atoms with Gasteiger partial charge in [-0.3, -0.25) is 4.98 Å². The first-order valence-corrected chi connectivity index (χ1v) is 7.59. The molecule has 0 amide bonds. The van der Waals surface area contributed by atoms with Gasteiger partial charge in [0.05, 0.1) is 6.10 Å². The summed E-state index contributed by atoms with van der Waals surface area (Å²) in [6, 6.07) is 4.46. The maximum atomic E-state index is 6.20. The average Bonchev–Trinajstić information content (AvgIpc) is 2.47. The van der Waals surface area contributed by atoms with Gasteiger partial charge in [0.25, 0.3) is 0 Å². The summed E-state index contributed by atoms with van der Waals surface area (Å²) in [5, 5.41) is 0. The van der Waals surface area contributed by atoms with E-state index in [4.69, 9.17) is 10.5 Å². The zero-order valence-corrected chi connectivity index (χ0v) is 12.0. The van der Waals surface area contributed by atoms with E-state index in [9.17, 15) is 0 Å². The molecule has 1 aromatic heterocycles. The highest BCUT2D eigenvalue weighted by molar-refractivity contribution is 5.14. The van der Waals surface area contributed by atoms with Gasteiger partial charge in [-0.1, -0.05) is 13.0 Å². The van der Waals surface area contributed by atoms with E-state index in [-0.39, 0.29) is 6.04 Å². The predicted octanol–water partition coefficient (Wildman–Crippen LogP) is 2.86. The van der Waals surface area contributed by atoms with Crippen LogP contribution in [-0.4, -0.2) is 23.7 Å². The minimum absolute atomic E-state index is 0.200. The molecule has 19 heavy (non-hydrogen) atoms. The van der Waals surface area contributed by atoms with Gasteiger partial charge >= 0.3 is 0 Å². The molecule has 2 heterocycles. The van der Waals surface area contributed by atoms with Gasteiger partial charge in [-0.05, 0) is 50.2 Å². The molecule has 1 fully saturated rings. The second kappa shape index (κ2) is 7.61. The smallest absolute Gasteiger partial charge is 0.0575 e. The Morgan fingerprint density at radius 2 is 2.32 bits per heavy atom. The van der Waals surface area contributed by atoms with Crippen molar-refractivity contribution in [3.63, 3.8) is 0 Å². The molecule has 0 aliphatic carbocycles. The number of pyridine rings is 1. The van der Waals surface area contributed by atoms with Crippen LogP contribution in [0.25, 0.3) is 0 Å². The molecule has 106 valence electrons.